The molecule has 0 saturated heterocycles. The van der Waals surface area contributed by atoms with E-state index in [1.165, 1.54) is 16.8 Å². The van der Waals surface area contributed by atoms with Crippen LogP contribution in [0.3, 0.4) is 0 Å². The van der Waals surface area contributed by atoms with Crippen molar-refractivity contribution in [2.45, 2.75) is 12.7 Å². The second-order valence-corrected chi connectivity index (χ2v) is 7.09. The van der Waals surface area contributed by atoms with Gasteiger partial charge in [-0.15, -0.1) is 0 Å². The molecular formula is C23H19F3N6O. The first-order valence-corrected chi connectivity index (χ1v) is 9.88. The third-order valence-electron chi connectivity index (χ3n) is 4.85. The van der Waals surface area contributed by atoms with Crippen molar-refractivity contribution >= 4 is 17.5 Å². The van der Waals surface area contributed by atoms with Gasteiger partial charge in [0.2, 0.25) is 0 Å². The summed E-state index contributed by atoms with van der Waals surface area (Å²) in [6.07, 6.45) is -1.22. The van der Waals surface area contributed by atoms with E-state index < -0.39 is 17.8 Å². The lowest BCUT2D eigenvalue weighted by Gasteiger charge is -2.10. The maximum Gasteiger partial charge on any atom is 0.416 e. The van der Waals surface area contributed by atoms with Crippen LogP contribution in [0.1, 0.15) is 11.1 Å². The van der Waals surface area contributed by atoms with E-state index in [9.17, 15) is 18.0 Å². The number of hydrogen-bond donors (Lipinski definition) is 3. The van der Waals surface area contributed by atoms with E-state index in [4.69, 9.17) is 5.73 Å². The molecule has 168 valence electrons. The van der Waals surface area contributed by atoms with Crippen LogP contribution >= 0.6 is 0 Å². The fourth-order valence-corrected chi connectivity index (χ4v) is 3.18. The fraction of sp³-hybridized carbons (Fsp3) is 0.0870. The smallest absolute Gasteiger partial charge is 0.382 e. The Morgan fingerprint density at radius 2 is 1.64 bits per heavy atom. The highest BCUT2D eigenvalue weighted by Gasteiger charge is 2.30. The summed E-state index contributed by atoms with van der Waals surface area (Å²) in [5, 5.41) is 9.92. The molecule has 0 unspecified atom stereocenters. The summed E-state index contributed by atoms with van der Waals surface area (Å²) in [5.41, 5.74) is 7.98. The van der Waals surface area contributed by atoms with E-state index in [1.807, 2.05) is 6.07 Å². The topological polar surface area (TPSA) is 97.9 Å². The van der Waals surface area contributed by atoms with Gasteiger partial charge in [-0.2, -0.15) is 18.3 Å². The summed E-state index contributed by atoms with van der Waals surface area (Å²) < 4.78 is 40.1. The van der Waals surface area contributed by atoms with Crippen LogP contribution < -0.4 is 16.4 Å². The zero-order chi connectivity index (χ0) is 23.4. The first-order chi connectivity index (χ1) is 15.8. The minimum absolute atomic E-state index is 0.0765. The highest BCUT2D eigenvalue weighted by molar-refractivity contribution is 5.97. The molecule has 2 aromatic carbocycles. The van der Waals surface area contributed by atoms with E-state index in [2.05, 4.69) is 20.7 Å². The SMILES string of the molecule is Nc1c(NC(=O)NCc2ccncc2)c(-c2ccccc2)nn1-c1ccc(C(F)(F)F)cc1. The number of anilines is 2. The number of nitrogen functional groups attached to an aromatic ring is 1. The van der Waals surface area contributed by atoms with Gasteiger partial charge in [0.25, 0.3) is 0 Å². The van der Waals surface area contributed by atoms with Gasteiger partial charge in [0.1, 0.15) is 11.4 Å². The number of carbonyl (C=O) groups is 1. The molecule has 2 amide bonds. The Labute approximate surface area is 187 Å². The molecule has 0 aliphatic heterocycles. The van der Waals surface area contributed by atoms with Crippen molar-refractivity contribution in [1.29, 1.82) is 0 Å². The van der Waals surface area contributed by atoms with Crippen LogP contribution in [0.25, 0.3) is 16.9 Å². The number of benzene rings is 2. The maximum atomic E-state index is 12.9. The van der Waals surface area contributed by atoms with Gasteiger partial charge in [0.05, 0.1) is 11.3 Å². The standard InChI is InChI=1S/C23H19F3N6O/c24-23(25,26)17-6-8-18(9-7-17)32-21(27)20(19(31-32)16-4-2-1-3-5-16)30-22(33)29-14-15-10-12-28-13-11-15/h1-13H,14,27H2,(H2,29,30,33). The van der Waals surface area contributed by atoms with Gasteiger partial charge < -0.3 is 16.4 Å². The van der Waals surface area contributed by atoms with Gasteiger partial charge in [-0.05, 0) is 42.0 Å². The van der Waals surface area contributed by atoms with Crippen molar-refractivity contribution < 1.29 is 18.0 Å². The van der Waals surface area contributed by atoms with E-state index in [-0.39, 0.29) is 18.1 Å². The molecule has 33 heavy (non-hydrogen) atoms. The van der Waals surface area contributed by atoms with Gasteiger partial charge in [0, 0.05) is 24.5 Å². The molecule has 4 rings (SSSR count). The number of pyridine rings is 1. The van der Waals surface area contributed by atoms with E-state index in [1.54, 1.807) is 48.8 Å². The monoisotopic (exact) mass is 452 g/mol. The summed E-state index contributed by atoms with van der Waals surface area (Å²) >= 11 is 0. The molecule has 0 spiro atoms. The Morgan fingerprint density at radius 1 is 0.970 bits per heavy atom. The lowest BCUT2D eigenvalue weighted by Crippen LogP contribution is -2.28. The highest BCUT2D eigenvalue weighted by Crippen LogP contribution is 2.35. The second-order valence-electron chi connectivity index (χ2n) is 7.09. The van der Waals surface area contributed by atoms with E-state index in [0.717, 1.165) is 17.7 Å². The van der Waals surface area contributed by atoms with Crippen molar-refractivity contribution in [3.63, 3.8) is 0 Å². The number of carbonyl (C=O) groups excluding carboxylic acids is 1. The highest BCUT2D eigenvalue weighted by atomic mass is 19.4. The molecule has 0 bridgehead atoms. The number of aromatic nitrogens is 3. The molecule has 4 N–H and O–H groups in total. The van der Waals surface area contributed by atoms with Crippen molar-refractivity contribution in [1.82, 2.24) is 20.1 Å². The first kappa shape index (κ1) is 21.9. The lowest BCUT2D eigenvalue weighted by molar-refractivity contribution is -0.137. The van der Waals surface area contributed by atoms with Crippen molar-refractivity contribution in [3.8, 4) is 16.9 Å². The number of amides is 2. The summed E-state index contributed by atoms with van der Waals surface area (Å²) in [6.45, 7) is 0.266. The molecule has 4 aromatic rings. The molecule has 2 aromatic heterocycles. The van der Waals surface area contributed by atoms with Gasteiger partial charge in [-0.1, -0.05) is 30.3 Å². The predicted molar refractivity (Wildman–Crippen MR) is 119 cm³/mol. The van der Waals surface area contributed by atoms with Crippen molar-refractivity contribution in [2.75, 3.05) is 11.1 Å². The average Bonchev–Trinajstić information content (AvgIpc) is 3.14. The van der Waals surface area contributed by atoms with Gasteiger partial charge in [-0.25, -0.2) is 9.48 Å². The average molecular weight is 452 g/mol. The third kappa shape index (κ3) is 4.95. The Morgan fingerprint density at radius 3 is 2.27 bits per heavy atom. The summed E-state index contributed by atoms with van der Waals surface area (Å²) in [5.74, 6) is 0.0765. The van der Waals surface area contributed by atoms with Crippen LogP contribution in [0, 0.1) is 0 Å². The number of alkyl halides is 3. The van der Waals surface area contributed by atoms with Crippen LogP contribution in [0.15, 0.2) is 79.1 Å². The Hall–Kier alpha value is -4.34. The normalized spacial score (nSPS) is 11.2. The molecule has 0 fully saturated rings. The maximum absolute atomic E-state index is 12.9. The second kappa shape index (κ2) is 9.03. The number of hydrogen-bond acceptors (Lipinski definition) is 4. The Kier molecular flexibility index (Phi) is 5.99. The molecule has 0 aliphatic rings. The van der Waals surface area contributed by atoms with Crippen LogP contribution in [-0.4, -0.2) is 20.8 Å². The van der Waals surface area contributed by atoms with Crippen LogP contribution in [-0.2, 0) is 12.7 Å². The van der Waals surface area contributed by atoms with Gasteiger partial charge in [0.15, 0.2) is 5.82 Å². The van der Waals surface area contributed by atoms with Gasteiger partial charge >= 0.3 is 12.2 Å². The van der Waals surface area contributed by atoms with Crippen molar-refractivity contribution in [3.05, 3.63) is 90.3 Å². The van der Waals surface area contributed by atoms with Crippen LogP contribution in [0.5, 0.6) is 0 Å². The molecule has 0 aliphatic carbocycles. The number of nitrogens with zero attached hydrogens (tertiary/aromatic N) is 3. The largest absolute Gasteiger partial charge is 0.416 e. The number of rotatable bonds is 5. The number of nitrogens with two attached hydrogens (primary N) is 1. The number of urea groups is 1. The third-order valence-corrected chi connectivity index (χ3v) is 4.85. The van der Waals surface area contributed by atoms with Gasteiger partial charge in [-0.3, -0.25) is 4.98 Å². The molecule has 0 radical (unpaired) electrons. The molecule has 7 nitrogen and oxygen atoms in total. The lowest BCUT2D eigenvalue weighted by atomic mass is 10.1. The zero-order valence-electron chi connectivity index (χ0n) is 17.2. The molecule has 0 atom stereocenters. The summed E-state index contributed by atoms with van der Waals surface area (Å²) in [7, 11) is 0. The predicted octanol–water partition coefficient (Wildman–Crippen LogP) is 4.86. The summed E-state index contributed by atoms with van der Waals surface area (Å²) in [4.78, 5) is 16.5. The summed E-state index contributed by atoms with van der Waals surface area (Å²) in [6, 6.07) is 16.5. The van der Waals surface area contributed by atoms with Crippen LogP contribution in [0.2, 0.25) is 0 Å². The molecule has 10 heteroatoms. The fourth-order valence-electron chi connectivity index (χ4n) is 3.18. The van der Waals surface area contributed by atoms with E-state index in [0.29, 0.717) is 16.9 Å². The van der Waals surface area contributed by atoms with Crippen LogP contribution in [0.4, 0.5) is 29.5 Å². The molecule has 0 saturated carbocycles. The number of halogens is 3. The first-order valence-electron chi connectivity index (χ1n) is 9.88. The van der Waals surface area contributed by atoms with E-state index >= 15 is 0 Å². The molecule has 2 heterocycles. The Bertz CT molecular complexity index is 1240. The minimum atomic E-state index is -4.46. The number of nitrogens with one attached hydrogen (secondary N) is 2. The minimum Gasteiger partial charge on any atom is -0.382 e. The quantitative estimate of drug-likeness (QED) is 0.403. The zero-order valence-corrected chi connectivity index (χ0v) is 17.2. The van der Waals surface area contributed by atoms with Crippen molar-refractivity contribution in [2.24, 2.45) is 0 Å². The Balaban J connectivity index is 1.65. The molecular weight excluding hydrogens is 433 g/mol.